The number of nitrogens with zero attached hydrogens (tertiary/aromatic N) is 3. The fraction of sp³-hybridized carbons (Fsp3) is 0.471. The Labute approximate surface area is 170 Å². The summed E-state index contributed by atoms with van der Waals surface area (Å²) in [5, 5.41) is 11.1. The molecule has 0 fully saturated rings. The molecule has 25 heavy (non-hydrogen) atoms. The second-order valence-electron chi connectivity index (χ2n) is 5.50. The Morgan fingerprint density at radius 1 is 1.24 bits per heavy atom. The van der Waals surface area contributed by atoms with Crippen LogP contribution in [0.25, 0.3) is 0 Å². The van der Waals surface area contributed by atoms with Crippen molar-refractivity contribution in [3.8, 4) is 0 Å². The van der Waals surface area contributed by atoms with E-state index in [1.165, 1.54) is 0 Å². The van der Waals surface area contributed by atoms with Gasteiger partial charge in [-0.1, -0.05) is 36.7 Å². The molecular weight excluding hydrogens is 453 g/mol. The maximum atomic E-state index is 5.78. The zero-order valence-corrected chi connectivity index (χ0v) is 17.8. The first kappa shape index (κ1) is 21.7. The molecule has 0 saturated carbocycles. The molecule has 0 atom stereocenters. The molecule has 2 heterocycles. The number of hydrogen-bond donors (Lipinski definition) is 2. The van der Waals surface area contributed by atoms with Crippen molar-refractivity contribution in [1.29, 1.82) is 0 Å². The smallest absolute Gasteiger partial charge is 0.191 e. The molecule has 0 radical (unpaired) electrons. The number of halogens is 2. The Morgan fingerprint density at radius 3 is 2.56 bits per heavy atom. The average Bonchev–Trinajstić information content (AvgIpc) is 3.06. The normalized spacial score (nSPS) is 11.3. The molecule has 0 amide bonds. The van der Waals surface area contributed by atoms with E-state index in [-0.39, 0.29) is 24.0 Å². The fourth-order valence-corrected chi connectivity index (χ4v) is 2.51. The molecule has 0 spiro atoms. The molecule has 0 aromatic carbocycles. The third-order valence-electron chi connectivity index (χ3n) is 3.88. The molecular formula is C17H25ClIN5O. The van der Waals surface area contributed by atoms with Crippen molar-refractivity contribution in [1.82, 2.24) is 20.8 Å². The first-order valence-corrected chi connectivity index (χ1v) is 8.54. The highest BCUT2D eigenvalue weighted by molar-refractivity contribution is 14.0. The second-order valence-corrected chi connectivity index (χ2v) is 5.89. The number of aromatic nitrogens is 2. The lowest BCUT2D eigenvalue weighted by atomic mass is 9.99. The van der Waals surface area contributed by atoms with E-state index in [1.807, 2.05) is 12.1 Å². The van der Waals surface area contributed by atoms with Crippen molar-refractivity contribution < 1.29 is 4.52 Å². The Hall–Kier alpha value is -1.35. The van der Waals surface area contributed by atoms with Gasteiger partial charge in [0.2, 0.25) is 0 Å². The molecule has 8 heteroatoms. The third kappa shape index (κ3) is 6.81. The molecule has 0 unspecified atom stereocenters. The van der Waals surface area contributed by atoms with Gasteiger partial charge in [0.15, 0.2) is 11.7 Å². The maximum absolute atomic E-state index is 5.78. The van der Waals surface area contributed by atoms with Crippen LogP contribution in [0.4, 0.5) is 0 Å². The number of aliphatic imine (C=N–C) groups is 1. The summed E-state index contributed by atoms with van der Waals surface area (Å²) in [6, 6.07) is 5.71. The number of hydrogen-bond acceptors (Lipinski definition) is 4. The Bertz CT molecular complexity index is 655. The van der Waals surface area contributed by atoms with Crippen LogP contribution >= 0.6 is 35.6 Å². The van der Waals surface area contributed by atoms with Crippen LogP contribution in [-0.4, -0.2) is 23.1 Å². The second kappa shape index (κ2) is 11.3. The van der Waals surface area contributed by atoms with E-state index >= 15 is 0 Å². The molecule has 2 aromatic rings. The van der Waals surface area contributed by atoms with Crippen molar-refractivity contribution in [3.05, 3.63) is 46.6 Å². The fourth-order valence-electron chi connectivity index (χ4n) is 2.40. The van der Waals surface area contributed by atoms with Gasteiger partial charge in [-0.25, -0.2) is 4.98 Å². The van der Waals surface area contributed by atoms with Gasteiger partial charge in [-0.15, -0.1) is 24.0 Å². The molecule has 0 aliphatic rings. The summed E-state index contributed by atoms with van der Waals surface area (Å²) >= 11 is 5.78. The zero-order valence-electron chi connectivity index (χ0n) is 14.8. The van der Waals surface area contributed by atoms with Crippen LogP contribution in [0.5, 0.6) is 0 Å². The first-order chi connectivity index (χ1) is 11.7. The summed E-state index contributed by atoms with van der Waals surface area (Å²) in [7, 11) is 1.73. The molecule has 0 aliphatic carbocycles. The van der Waals surface area contributed by atoms with Gasteiger partial charge in [-0.05, 0) is 24.5 Å². The van der Waals surface area contributed by atoms with Crippen LogP contribution in [0.2, 0.25) is 5.15 Å². The van der Waals surface area contributed by atoms with Crippen molar-refractivity contribution in [2.45, 2.75) is 45.7 Å². The van der Waals surface area contributed by atoms with Gasteiger partial charge in [0.1, 0.15) is 5.15 Å². The lowest BCUT2D eigenvalue weighted by molar-refractivity contribution is 0.368. The van der Waals surface area contributed by atoms with Crippen molar-refractivity contribution in [2.24, 2.45) is 4.99 Å². The van der Waals surface area contributed by atoms with E-state index in [0.29, 0.717) is 30.1 Å². The lowest BCUT2D eigenvalue weighted by Crippen LogP contribution is -2.36. The van der Waals surface area contributed by atoms with Crippen LogP contribution in [-0.2, 0) is 13.1 Å². The topological polar surface area (TPSA) is 75.3 Å². The van der Waals surface area contributed by atoms with Gasteiger partial charge in [0.05, 0.1) is 12.2 Å². The minimum atomic E-state index is 0. The summed E-state index contributed by atoms with van der Waals surface area (Å²) in [5.41, 5.74) is 2.05. The van der Waals surface area contributed by atoms with Crippen LogP contribution in [0.1, 0.15) is 49.6 Å². The summed E-state index contributed by atoms with van der Waals surface area (Å²) in [4.78, 5) is 8.25. The Kier molecular flexibility index (Phi) is 9.81. The van der Waals surface area contributed by atoms with Gasteiger partial charge in [-0.2, -0.15) is 0 Å². The molecule has 138 valence electrons. The predicted molar refractivity (Wildman–Crippen MR) is 112 cm³/mol. The Morgan fingerprint density at radius 2 is 1.96 bits per heavy atom. The van der Waals surface area contributed by atoms with E-state index in [9.17, 15) is 0 Å². The van der Waals surface area contributed by atoms with E-state index in [0.717, 1.165) is 29.9 Å². The van der Waals surface area contributed by atoms with E-state index in [2.05, 4.69) is 39.6 Å². The lowest BCUT2D eigenvalue weighted by Gasteiger charge is -2.10. The van der Waals surface area contributed by atoms with Gasteiger partial charge in [-0.3, -0.25) is 4.99 Å². The largest absolute Gasteiger partial charge is 0.359 e. The van der Waals surface area contributed by atoms with Crippen LogP contribution in [0.3, 0.4) is 0 Å². The molecule has 2 aromatic heterocycles. The number of guanidine groups is 1. The highest BCUT2D eigenvalue weighted by atomic mass is 127. The molecule has 6 nitrogen and oxygen atoms in total. The predicted octanol–water partition coefficient (Wildman–Crippen LogP) is 4.11. The van der Waals surface area contributed by atoms with Gasteiger partial charge >= 0.3 is 0 Å². The van der Waals surface area contributed by atoms with Crippen LogP contribution < -0.4 is 10.6 Å². The quantitative estimate of drug-likeness (QED) is 0.272. The molecule has 2 rings (SSSR count). The summed E-state index contributed by atoms with van der Waals surface area (Å²) in [5.74, 6) is 1.94. The van der Waals surface area contributed by atoms with E-state index in [1.54, 1.807) is 19.3 Å². The standard InChI is InChI=1S/C17H24ClN5O.HI/c1-4-13(5-2)15-8-14(24-23-15)11-22-17(19-3)21-10-12-6-7-16(18)20-9-12;/h6-9,13H,4-5,10-11H2,1-3H3,(H2,19,21,22);1H. The van der Waals surface area contributed by atoms with Crippen LogP contribution in [0.15, 0.2) is 33.9 Å². The first-order valence-electron chi connectivity index (χ1n) is 8.16. The molecule has 0 aliphatic heterocycles. The zero-order chi connectivity index (χ0) is 17.4. The van der Waals surface area contributed by atoms with Crippen LogP contribution in [0, 0.1) is 0 Å². The Balaban J connectivity index is 0.00000312. The van der Waals surface area contributed by atoms with Crippen molar-refractivity contribution >= 4 is 41.5 Å². The highest BCUT2D eigenvalue weighted by Gasteiger charge is 2.13. The van der Waals surface area contributed by atoms with Crippen molar-refractivity contribution in [3.63, 3.8) is 0 Å². The number of pyridine rings is 1. The summed E-state index contributed by atoms with van der Waals surface area (Å²) in [6.45, 7) is 5.47. The van der Waals surface area contributed by atoms with E-state index in [4.69, 9.17) is 16.1 Å². The third-order valence-corrected chi connectivity index (χ3v) is 4.11. The SMILES string of the molecule is CCC(CC)c1cc(CNC(=NC)NCc2ccc(Cl)nc2)on1.I. The molecule has 0 saturated heterocycles. The highest BCUT2D eigenvalue weighted by Crippen LogP contribution is 2.22. The van der Waals surface area contributed by atoms with Gasteiger partial charge in [0.25, 0.3) is 0 Å². The van der Waals surface area contributed by atoms with E-state index < -0.39 is 0 Å². The number of nitrogens with one attached hydrogen (secondary N) is 2. The average molecular weight is 478 g/mol. The minimum Gasteiger partial charge on any atom is -0.359 e. The van der Waals surface area contributed by atoms with Gasteiger partial charge < -0.3 is 15.2 Å². The summed E-state index contributed by atoms with van der Waals surface area (Å²) < 4.78 is 5.40. The summed E-state index contributed by atoms with van der Waals surface area (Å²) in [6.07, 6.45) is 3.86. The monoisotopic (exact) mass is 477 g/mol. The van der Waals surface area contributed by atoms with Crippen molar-refractivity contribution in [2.75, 3.05) is 7.05 Å². The van der Waals surface area contributed by atoms with Gasteiger partial charge in [0, 0.05) is 31.8 Å². The number of rotatable bonds is 7. The minimum absolute atomic E-state index is 0. The maximum Gasteiger partial charge on any atom is 0.191 e. The molecule has 2 N–H and O–H groups in total. The molecule has 0 bridgehead atoms.